The molecule has 3 heterocycles. The van der Waals surface area contributed by atoms with E-state index in [1.807, 2.05) is 0 Å². The number of ether oxygens (including phenoxy) is 2. The van der Waals surface area contributed by atoms with Crippen LogP contribution in [0, 0.1) is 0 Å². The van der Waals surface area contributed by atoms with Crippen LogP contribution in [-0.2, 0) is 16.0 Å². The number of piperidine rings is 1. The molecule has 4 heteroatoms. The molecule has 3 fully saturated rings. The van der Waals surface area contributed by atoms with Crippen molar-refractivity contribution in [2.75, 3.05) is 19.7 Å². The minimum Gasteiger partial charge on any atom is -0.348 e. The second-order valence-corrected chi connectivity index (χ2v) is 7.16. The van der Waals surface area contributed by atoms with Crippen LogP contribution in [0.5, 0.6) is 0 Å². The molecular formula is C19H28N2O2. The van der Waals surface area contributed by atoms with Crippen LogP contribution in [0.1, 0.15) is 37.7 Å². The Bertz CT molecular complexity index is 495. The summed E-state index contributed by atoms with van der Waals surface area (Å²) in [6.45, 7) is 4.11. The molecule has 2 bridgehead atoms. The summed E-state index contributed by atoms with van der Waals surface area (Å²) >= 11 is 0. The summed E-state index contributed by atoms with van der Waals surface area (Å²) < 4.78 is 11.6. The highest BCUT2D eigenvalue weighted by Gasteiger charge is 2.38. The Hall–Kier alpha value is -0.940. The molecule has 1 aromatic rings. The molecule has 3 saturated heterocycles. The lowest BCUT2D eigenvalue weighted by molar-refractivity contribution is -0.104. The van der Waals surface area contributed by atoms with Crippen molar-refractivity contribution in [2.45, 2.75) is 63.1 Å². The lowest BCUT2D eigenvalue weighted by atomic mass is 9.99. The van der Waals surface area contributed by atoms with Crippen LogP contribution < -0.4 is 5.32 Å². The highest BCUT2D eigenvalue weighted by molar-refractivity contribution is 5.14. The monoisotopic (exact) mass is 316 g/mol. The standard InChI is InChI=1S/C19H28N2O2/c1-2-6-15(7-3-1)13-21-11-5-4-8-16(21)12-20-18-10-9-17-14-22-19(18)23-17/h1-3,6-7,16-20H,4-5,8-14H2/t16-,17+,18?,19-/m1/s1. The van der Waals surface area contributed by atoms with Gasteiger partial charge in [0.05, 0.1) is 18.8 Å². The van der Waals surface area contributed by atoms with Gasteiger partial charge in [0.1, 0.15) is 0 Å². The maximum atomic E-state index is 5.87. The molecule has 3 aliphatic heterocycles. The maximum absolute atomic E-state index is 5.87. The zero-order chi connectivity index (χ0) is 15.5. The van der Waals surface area contributed by atoms with E-state index in [1.54, 1.807) is 0 Å². The molecule has 0 aliphatic carbocycles. The van der Waals surface area contributed by atoms with E-state index in [9.17, 15) is 0 Å². The molecule has 0 radical (unpaired) electrons. The van der Waals surface area contributed by atoms with Gasteiger partial charge in [-0.3, -0.25) is 4.90 Å². The largest absolute Gasteiger partial charge is 0.348 e. The summed E-state index contributed by atoms with van der Waals surface area (Å²) in [5.74, 6) is 0. The van der Waals surface area contributed by atoms with Crippen LogP contribution in [0.3, 0.4) is 0 Å². The Morgan fingerprint density at radius 2 is 2.00 bits per heavy atom. The second-order valence-electron chi connectivity index (χ2n) is 7.16. The molecule has 4 rings (SSSR count). The van der Waals surface area contributed by atoms with Gasteiger partial charge in [-0.25, -0.2) is 0 Å². The summed E-state index contributed by atoms with van der Waals surface area (Å²) in [7, 11) is 0. The van der Waals surface area contributed by atoms with E-state index in [-0.39, 0.29) is 6.29 Å². The van der Waals surface area contributed by atoms with Crippen molar-refractivity contribution < 1.29 is 9.47 Å². The first kappa shape index (κ1) is 15.6. The average Bonchev–Trinajstić information content (AvgIpc) is 2.98. The molecular weight excluding hydrogens is 288 g/mol. The van der Waals surface area contributed by atoms with E-state index in [0.717, 1.165) is 26.1 Å². The first-order valence-electron chi connectivity index (χ1n) is 9.17. The number of hydrogen-bond acceptors (Lipinski definition) is 4. The van der Waals surface area contributed by atoms with Crippen molar-refractivity contribution >= 4 is 0 Å². The number of likely N-dealkylation sites (tertiary alicyclic amines) is 1. The number of nitrogens with one attached hydrogen (secondary N) is 1. The number of fused-ring (bicyclic) bond motifs is 2. The quantitative estimate of drug-likeness (QED) is 0.905. The topological polar surface area (TPSA) is 33.7 Å². The second kappa shape index (κ2) is 7.31. The van der Waals surface area contributed by atoms with Gasteiger partial charge in [0.15, 0.2) is 6.29 Å². The van der Waals surface area contributed by atoms with Crippen molar-refractivity contribution in [2.24, 2.45) is 0 Å². The van der Waals surface area contributed by atoms with E-state index in [1.165, 1.54) is 37.8 Å². The van der Waals surface area contributed by atoms with E-state index < -0.39 is 0 Å². The van der Waals surface area contributed by atoms with E-state index >= 15 is 0 Å². The fourth-order valence-electron chi connectivity index (χ4n) is 4.14. The SMILES string of the molecule is c1ccc(CN2CCCC[C@@H]2CNC2CC[C@H]3CO[C@@H]2O3)cc1. The first-order chi connectivity index (χ1) is 11.4. The lowest BCUT2D eigenvalue weighted by Gasteiger charge is -2.38. The summed E-state index contributed by atoms with van der Waals surface area (Å²) in [6.07, 6.45) is 6.61. The van der Waals surface area contributed by atoms with E-state index in [2.05, 4.69) is 40.5 Å². The Morgan fingerprint density at radius 3 is 2.91 bits per heavy atom. The van der Waals surface area contributed by atoms with Crippen molar-refractivity contribution in [3.05, 3.63) is 35.9 Å². The predicted molar refractivity (Wildman–Crippen MR) is 90.1 cm³/mol. The Kier molecular flexibility index (Phi) is 4.95. The molecule has 4 atom stereocenters. The zero-order valence-corrected chi connectivity index (χ0v) is 13.8. The number of benzene rings is 1. The van der Waals surface area contributed by atoms with E-state index in [4.69, 9.17) is 9.47 Å². The molecule has 3 aliphatic rings. The van der Waals surface area contributed by atoms with Gasteiger partial charge in [-0.1, -0.05) is 36.8 Å². The van der Waals surface area contributed by atoms with Crippen LogP contribution in [0.15, 0.2) is 30.3 Å². The van der Waals surface area contributed by atoms with Crippen molar-refractivity contribution in [3.8, 4) is 0 Å². The van der Waals surface area contributed by atoms with Gasteiger partial charge >= 0.3 is 0 Å². The molecule has 1 aromatic carbocycles. The Balaban J connectivity index is 1.32. The molecule has 0 saturated carbocycles. The van der Waals surface area contributed by atoms with Crippen LogP contribution in [0.25, 0.3) is 0 Å². The van der Waals surface area contributed by atoms with Gasteiger partial charge < -0.3 is 14.8 Å². The molecule has 23 heavy (non-hydrogen) atoms. The summed E-state index contributed by atoms with van der Waals surface area (Å²) in [6, 6.07) is 11.8. The summed E-state index contributed by atoms with van der Waals surface area (Å²) in [4.78, 5) is 2.65. The van der Waals surface area contributed by atoms with Gasteiger partial charge in [-0.05, 0) is 37.8 Å². The zero-order valence-electron chi connectivity index (χ0n) is 13.8. The van der Waals surface area contributed by atoms with Gasteiger partial charge in [-0.2, -0.15) is 0 Å². The van der Waals surface area contributed by atoms with E-state index in [0.29, 0.717) is 18.2 Å². The normalized spacial score (nSPS) is 34.6. The van der Waals surface area contributed by atoms with Crippen molar-refractivity contribution in [1.82, 2.24) is 10.2 Å². The van der Waals surface area contributed by atoms with Gasteiger partial charge in [0.2, 0.25) is 0 Å². The number of nitrogens with zero attached hydrogens (tertiary/aromatic N) is 1. The molecule has 126 valence electrons. The molecule has 1 N–H and O–H groups in total. The average molecular weight is 316 g/mol. The number of rotatable bonds is 5. The molecule has 0 aromatic heterocycles. The third kappa shape index (κ3) is 3.77. The number of hydrogen-bond donors (Lipinski definition) is 1. The third-order valence-corrected chi connectivity index (χ3v) is 5.49. The van der Waals surface area contributed by atoms with Gasteiger partial charge in [-0.15, -0.1) is 0 Å². The Labute approximate surface area is 139 Å². The van der Waals surface area contributed by atoms with Crippen molar-refractivity contribution in [3.63, 3.8) is 0 Å². The predicted octanol–water partition coefficient (Wildman–Crippen LogP) is 2.53. The minimum absolute atomic E-state index is 0.0140. The Morgan fingerprint density at radius 1 is 1.09 bits per heavy atom. The smallest absolute Gasteiger partial charge is 0.173 e. The molecule has 1 unspecified atom stereocenters. The van der Waals surface area contributed by atoms with Crippen LogP contribution >= 0.6 is 0 Å². The minimum atomic E-state index is -0.0140. The highest BCUT2D eigenvalue weighted by Crippen LogP contribution is 2.27. The van der Waals surface area contributed by atoms with Gasteiger partial charge in [0, 0.05) is 19.1 Å². The fraction of sp³-hybridized carbons (Fsp3) is 0.684. The van der Waals surface area contributed by atoms with Crippen LogP contribution in [0.4, 0.5) is 0 Å². The third-order valence-electron chi connectivity index (χ3n) is 5.49. The van der Waals surface area contributed by atoms with Crippen LogP contribution in [-0.4, -0.2) is 49.1 Å². The molecule has 0 spiro atoms. The first-order valence-corrected chi connectivity index (χ1v) is 9.17. The lowest BCUT2D eigenvalue weighted by Crippen LogP contribution is -2.51. The van der Waals surface area contributed by atoms with Crippen molar-refractivity contribution in [1.29, 1.82) is 0 Å². The van der Waals surface area contributed by atoms with Gasteiger partial charge in [0.25, 0.3) is 0 Å². The fourth-order valence-corrected chi connectivity index (χ4v) is 4.14. The highest BCUT2D eigenvalue weighted by atomic mass is 16.7. The van der Waals surface area contributed by atoms with Crippen LogP contribution in [0.2, 0.25) is 0 Å². The summed E-state index contributed by atoms with van der Waals surface area (Å²) in [5.41, 5.74) is 1.42. The maximum Gasteiger partial charge on any atom is 0.173 e. The molecule has 0 amide bonds. The molecule has 4 nitrogen and oxygen atoms in total. The summed E-state index contributed by atoms with van der Waals surface area (Å²) in [5, 5.41) is 3.74.